The van der Waals surface area contributed by atoms with Gasteiger partial charge in [-0.1, -0.05) is 12.1 Å². The second-order valence-corrected chi connectivity index (χ2v) is 9.79. The summed E-state index contributed by atoms with van der Waals surface area (Å²) in [6, 6.07) is 5.30. The van der Waals surface area contributed by atoms with E-state index in [0.717, 1.165) is 31.2 Å². The largest absolute Gasteiger partial charge is 0.573 e. The van der Waals surface area contributed by atoms with Gasteiger partial charge in [-0.15, -0.1) is 13.2 Å². The van der Waals surface area contributed by atoms with Crippen LogP contribution in [0.1, 0.15) is 43.7 Å². The Morgan fingerprint density at radius 1 is 1.14 bits per heavy atom. The average Bonchev–Trinajstić information content (AvgIpc) is 2.84. The van der Waals surface area contributed by atoms with Crippen LogP contribution in [0.3, 0.4) is 0 Å². The Kier molecular flexibility index (Phi) is 9.05. The van der Waals surface area contributed by atoms with Gasteiger partial charge in [-0.25, -0.2) is 4.39 Å². The van der Waals surface area contributed by atoms with Crippen LogP contribution in [0, 0.1) is 11.8 Å². The van der Waals surface area contributed by atoms with Gasteiger partial charge in [0.2, 0.25) is 0 Å². The molecule has 2 heterocycles. The van der Waals surface area contributed by atoms with Crippen molar-refractivity contribution in [1.29, 1.82) is 0 Å². The van der Waals surface area contributed by atoms with E-state index in [0.29, 0.717) is 38.9 Å². The van der Waals surface area contributed by atoms with Gasteiger partial charge < -0.3 is 14.6 Å². The van der Waals surface area contributed by atoms with Gasteiger partial charge in [0.15, 0.2) is 6.17 Å². The molecule has 0 spiro atoms. The van der Waals surface area contributed by atoms with Crippen molar-refractivity contribution in [2.45, 2.75) is 63.0 Å². The van der Waals surface area contributed by atoms with Crippen molar-refractivity contribution < 1.29 is 36.9 Å². The molecule has 36 heavy (non-hydrogen) atoms. The third-order valence-corrected chi connectivity index (χ3v) is 7.33. The van der Waals surface area contributed by atoms with E-state index >= 15 is 4.39 Å². The van der Waals surface area contributed by atoms with Crippen LogP contribution in [0.15, 0.2) is 24.3 Å². The van der Waals surface area contributed by atoms with Crippen LogP contribution in [0.5, 0.6) is 5.75 Å². The highest BCUT2D eigenvalue weighted by Gasteiger charge is 2.41. The van der Waals surface area contributed by atoms with Crippen LogP contribution in [0.4, 0.5) is 17.6 Å². The summed E-state index contributed by atoms with van der Waals surface area (Å²) in [5.74, 6) is -0.458. The van der Waals surface area contributed by atoms with Crippen molar-refractivity contribution in [3.8, 4) is 5.75 Å². The van der Waals surface area contributed by atoms with Crippen molar-refractivity contribution in [3.05, 3.63) is 29.8 Å². The lowest BCUT2D eigenvalue weighted by Crippen LogP contribution is -2.69. The van der Waals surface area contributed by atoms with E-state index in [9.17, 15) is 18.0 Å². The zero-order valence-corrected chi connectivity index (χ0v) is 20.0. The van der Waals surface area contributed by atoms with E-state index in [1.807, 2.05) is 4.90 Å². The molecule has 1 aromatic rings. The molecule has 8 nitrogen and oxygen atoms in total. The summed E-state index contributed by atoms with van der Waals surface area (Å²) >= 11 is 0. The summed E-state index contributed by atoms with van der Waals surface area (Å²) in [5.41, 5.74) is 0.722. The first kappa shape index (κ1) is 27.1. The topological polar surface area (TPSA) is 95.1 Å². The zero-order valence-electron chi connectivity index (χ0n) is 20.0. The van der Waals surface area contributed by atoms with Gasteiger partial charge in [-0.05, 0) is 61.8 Å². The van der Waals surface area contributed by atoms with Gasteiger partial charge in [0.25, 0.3) is 0 Å². The molecule has 4 N–H and O–H groups in total. The summed E-state index contributed by atoms with van der Waals surface area (Å²) < 4.78 is 62.8. The van der Waals surface area contributed by atoms with Gasteiger partial charge >= 0.3 is 12.3 Å². The molecule has 4 atom stereocenters. The van der Waals surface area contributed by atoms with Gasteiger partial charge in [-0.3, -0.25) is 25.6 Å². The molecule has 3 aliphatic rings. The van der Waals surface area contributed by atoms with Crippen LogP contribution in [-0.2, 0) is 9.53 Å². The van der Waals surface area contributed by atoms with Crippen LogP contribution in [-0.4, -0.2) is 73.8 Å². The molecule has 12 heteroatoms. The quantitative estimate of drug-likeness (QED) is 0.391. The number of alkyl halides is 4. The highest BCUT2D eigenvalue weighted by atomic mass is 19.4. The summed E-state index contributed by atoms with van der Waals surface area (Å²) in [7, 11) is 0. The molecule has 2 saturated heterocycles. The summed E-state index contributed by atoms with van der Waals surface area (Å²) in [5, 5.41) is 18.6. The number of morpholine rings is 1. The van der Waals surface area contributed by atoms with Crippen molar-refractivity contribution in [1.82, 2.24) is 20.9 Å². The van der Waals surface area contributed by atoms with Gasteiger partial charge in [0.1, 0.15) is 5.75 Å². The number of benzene rings is 1. The second-order valence-electron chi connectivity index (χ2n) is 9.79. The maximum Gasteiger partial charge on any atom is 0.573 e. The SMILES string of the molecule is O=C(O)CC1CCC(CNC2NCNC(N3CCOC[C@@H]3c3ccc(OC(F)(F)F)cc3)C2F)CC1. The molecule has 1 aromatic carbocycles. The molecule has 3 unspecified atom stereocenters. The first-order chi connectivity index (χ1) is 17.2. The number of carboxylic acids is 1. The number of nitrogens with one attached hydrogen (secondary N) is 3. The Bertz CT molecular complexity index is 852. The Morgan fingerprint density at radius 2 is 1.83 bits per heavy atom. The molecule has 3 fully saturated rings. The van der Waals surface area contributed by atoms with E-state index in [4.69, 9.17) is 9.84 Å². The Balaban J connectivity index is 1.34. The van der Waals surface area contributed by atoms with Crippen molar-refractivity contribution >= 4 is 5.97 Å². The summed E-state index contributed by atoms with van der Waals surface area (Å²) in [6.07, 6.45) is -3.38. The fraction of sp³-hybridized carbons (Fsp3) is 0.708. The molecule has 1 aliphatic carbocycles. The third-order valence-electron chi connectivity index (χ3n) is 7.33. The Hall–Kier alpha value is -1.99. The van der Waals surface area contributed by atoms with E-state index < -0.39 is 30.8 Å². The van der Waals surface area contributed by atoms with Crippen molar-refractivity contribution in [2.24, 2.45) is 11.8 Å². The first-order valence-corrected chi connectivity index (χ1v) is 12.4. The van der Waals surface area contributed by atoms with E-state index in [1.165, 1.54) is 12.1 Å². The molecule has 1 saturated carbocycles. The number of halogens is 4. The third kappa shape index (κ3) is 7.28. The number of carboxylic acid groups (broad SMARTS) is 1. The molecule has 0 bridgehead atoms. The van der Waals surface area contributed by atoms with Crippen LogP contribution in [0.2, 0.25) is 0 Å². The smallest absolute Gasteiger partial charge is 0.481 e. The molecule has 0 amide bonds. The molecule has 4 rings (SSSR count). The fourth-order valence-corrected chi connectivity index (χ4v) is 5.47. The number of hydrogen-bond donors (Lipinski definition) is 4. The monoisotopic (exact) mass is 518 g/mol. The van der Waals surface area contributed by atoms with Crippen molar-refractivity contribution in [3.63, 3.8) is 0 Å². The molecule has 0 aromatic heterocycles. The summed E-state index contributed by atoms with van der Waals surface area (Å²) in [4.78, 5) is 12.9. The molecule has 2 aliphatic heterocycles. The first-order valence-electron chi connectivity index (χ1n) is 12.4. The van der Waals surface area contributed by atoms with Crippen LogP contribution >= 0.6 is 0 Å². The molecular weight excluding hydrogens is 484 g/mol. The lowest BCUT2D eigenvalue weighted by atomic mass is 9.80. The second kappa shape index (κ2) is 12.0. The number of hydrogen-bond acceptors (Lipinski definition) is 7. The predicted molar refractivity (Wildman–Crippen MR) is 123 cm³/mol. The number of carbonyl (C=O) groups is 1. The minimum Gasteiger partial charge on any atom is -0.481 e. The predicted octanol–water partition coefficient (Wildman–Crippen LogP) is 2.97. The maximum absolute atomic E-state index is 15.7. The van der Waals surface area contributed by atoms with Gasteiger partial charge in [0.05, 0.1) is 31.6 Å². The minimum atomic E-state index is -4.76. The molecule has 0 radical (unpaired) electrons. The van der Waals surface area contributed by atoms with Crippen LogP contribution < -0.4 is 20.7 Å². The van der Waals surface area contributed by atoms with Crippen LogP contribution in [0.25, 0.3) is 0 Å². The number of aliphatic carboxylic acids is 1. The van der Waals surface area contributed by atoms with E-state index in [1.54, 1.807) is 12.1 Å². The standard InChI is InChI=1S/C24H34F4N4O4/c25-21-22(29-12-16-3-1-15(2-4-16)11-20(33)34)30-14-31-23(21)32-9-10-35-13-19(32)17-5-7-18(8-6-17)36-24(26,27)28/h5-8,15-16,19,21-23,29-31H,1-4,9-14H2,(H,33,34)/t15?,16?,19-,21?,22?,23?/m1/s1. The number of nitrogens with zero attached hydrogens (tertiary/aromatic N) is 1. The van der Waals surface area contributed by atoms with Crippen molar-refractivity contribution in [2.75, 3.05) is 33.0 Å². The summed E-state index contributed by atoms with van der Waals surface area (Å²) in [6.45, 7) is 2.26. The van der Waals surface area contributed by atoms with Gasteiger partial charge in [-0.2, -0.15) is 0 Å². The number of rotatable bonds is 8. The zero-order chi connectivity index (χ0) is 25.7. The molecular formula is C24H34F4N4O4. The average molecular weight is 519 g/mol. The maximum atomic E-state index is 15.7. The van der Waals surface area contributed by atoms with E-state index in [2.05, 4.69) is 20.7 Å². The Labute approximate surface area is 207 Å². The Morgan fingerprint density at radius 3 is 2.50 bits per heavy atom. The van der Waals surface area contributed by atoms with E-state index in [-0.39, 0.29) is 24.1 Å². The number of ether oxygens (including phenoxy) is 2. The van der Waals surface area contributed by atoms with Gasteiger partial charge in [0, 0.05) is 19.6 Å². The fourth-order valence-electron chi connectivity index (χ4n) is 5.47. The molecule has 202 valence electrons. The lowest BCUT2D eigenvalue weighted by molar-refractivity contribution is -0.274. The normalized spacial score (nSPS) is 32.2. The highest BCUT2D eigenvalue weighted by Crippen LogP contribution is 2.32. The minimum absolute atomic E-state index is 0.211. The highest BCUT2D eigenvalue weighted by molar-refractivity contribution is 5.67. The lowest BCUT2D eigenvalue weighted by Gasteiger charge is -2.46.